The van der Waals surface area contributed by atoms with E-state index in [9.17, 15) is 0 Å². The lowest BCUT2D eigenvalue weighted by Crippen LogP contribution is -2.30. The summed E-state index contributed by atoms with van der Waals surface area (Å²) in [6.07, 6.45) is 2.63. The highest BCUT2D eigenvalue weighted by Gasteiger charge is 2.03. The number of halogens is 1. The van der Waals surface area contributed by atoms with E-state index < -0.39 is 0 Å². The van der Waals surface area contributed by atoms with E-state index in [-0.39, 0.29) is 0 Å². The zero-order chi connectivity index (χ0) is 10.8. The van der Waals surface area contributed by atoms with Gasteiger partial charge in [-0.25, -0.2) is 0 Å². The number of hydrogen-bond donors (Lipinski definition) is 0. The Morgan fingerprint density at radius 1 is 1.21 bits per heavy atom. The minimum Gasteiger partial charge on any atom is -0.383 e. The maximum Gasteiger partial charge on any atom is 0.0589 e. The molecule has 0 rings (SSSR count). The summed E-state index contributed by atoms with van der Waals surface area (Å²) in [7, 11) is 1.76. The Bertz CT molecular complexity index is 120. The fourth-order valence-electron chi connectivity index (χ4n) is 1.40. The van der Waals surface area contributed by atoms with Gasteiger partial charge < -0.3 is 9.64 Å². The van der Waals surface area contributed by atoms with E-state index in [1.54, 1.807) is 7.11 Å². The minimum absolute atomic E-state index is 0.822. The summed E-state index contributed by atoms with van der Waals surface area (Å²) in [6, 6.07) is 0. The second-order valence-electron chi connectivity index (χ2n) is 4.06. The quantitative estimate of drug-likeness (QED) is 0.595. The Hall–Kier alpha value is 0.400. The fraction of sp³-hybridized carbons (Fsp3) is 1.00. The van der Waals surface area contributed by atoms with Crippen molar-refractivity contribution in [2.75, 3.05) is 38.7 Å². The van der Waals surface area contributed by atoms with Gasteiger partial charge in [-0.15, -0.1) is 0 Å². The molecule has 0 saturated heterocycles. The number of rotatable bonds is 9. The third kappa shape index (κ3) is 8.97. The van der Waals surface area contributed by atoms with Crippen molar-refractivity contribution >= 4 is 15.9 Å². The molecular weight excluding hydrogens is 242 g/mol. The molecule has 0 aliphatic rings. The van der Waals surface area contributed by atoms with Crippen LogP contribution in [0.3, 0.4) is 0 Å². The van der Waals surface area contributed by atoms with Crippen LogP contribution in [0.5, 0.6) is 0 Å². The number of nitrogens with zero attached hydrogens (tertiary/aromatic N) is 1. The van der Waals surface area contributed by atoms with Crippen LogP contribution in [0.2, 0.25) is 0 Å². The van der Waals surface area contributed by atoms with Gasteiger partial charge in [-0.2, -0.15) is 0 Å². The van der Waals surface area contributed by atoms with Gasteiger partial charge >= 0.3 is 0 Å². The first-order valence-corrected chi connectivity index (χ1v) is 6.60. The van der Waals surface area contributed by atoms with E-state index in [4.69, 9.17) is 4.74 Å². The first-order chi connectivity index (χ1) is 6.70. The third-order valence-electron chi connectivity index (χ3n) is 2.27. The van der Waals surface area contributed by atoms with E-state index in [2.05, 4.69) is 34.7 Å². The molecule has 0 saturated carbocycles. The van der Waals surface area contributed by atoms with Crippen LogP contribution < -0.4 is 0 Å². The SMILES string of the molecule is COCCN(CCBr)CCCC(C)C. The average Bonchev–Trinajstić information content (AvgIpc) is 2.13. The van der Waals surface area contributed by atoms with E-state index >= 15 is 0 Å². The maximum absolute atomic E-state index is 5.09. The van der Waals surface area contributed by atoms with Crippen molar-refractivity contribution in [3.63, 3.8) is 0 Å². The van der Waals surface area contributed by atoms with Gasteiger partial charge in [0.15, 0.2) is 0 Å². The van der Waals surface area contributed by atoms with Crippen LogP contribution in [0.25, 0.3) is 0 Å². The van der Waals surface area contributed by atoms with E-state index in [1.165, 1.54) is 19.4 Å². The van der Waals surface area contributed by atoms with Crippen LogP contribution >= 0.6 is 15.9 Å². The van der Waals surface area contributed by atoms with Crippen molar-refractivity contribution in [3.05, 3.63) is 0 Å². The molecule has 0 aliphatic carbocycles. The Balaban J connectivity index is 3.50. The molecule has 0 atom stereocenters. The largest absolute Gasteiger partial charge is 0.383 e. The predicted octanol–water partition coefficient (Wildman–Crippen LogP) is 2.77. The summed E-state index contributed by atoms with van der Waals surface area (Å²) < 4.78 is 5.09. The van der Waals surface area contributed by atoms with Gasteiger partial charge in [0.2, 0.25) is 0 Å². The topological polar surface area (TPSA) is 12.5 Å². The van der Waals surface area contributed by atoms with Crippen LogP contribution in [0.4, 0.5) is 0 Å². The molecule has 0 aliphatic heterocycles. The molecule has 2 nitrogen and oxygen atoms in total. The molecule has 0 radical (unpaired) electrons. The van der Waals surface area contributed by atoms with Gasteiger partial charge in [-0.05, 0) is 25.3 Å². The Kier molecular flexibility index (Phi) is 10.2. The summed E-state index contributed by atoms with van der Waals surface area (Å²) in [4.78, 5) is 2.46. The predicted molar refractivity (Wildman–Crippen MR) is 66.2 cm³/mol. The molecule has 0 aromatic carbocycles. The number of alkyl halides is 1. The Labute approximate surface area is 97.1 Å². The molecule has 3 heteroatoms. The van der Waals surface area contributed by atoms with Crippen molar-refractivity contribution in [2.24, 2.45) is 5.92 Å². The minimum atomic E-state index is 0.822. The molecule has 0 heterocycles. The lowest BCUT2D eigenvalue weighted by Gasteiger charge is -2.21. The highest BCUT2D eigenvalue weighted by molar-refractivity contribution is 9.09. The zero-order valence-electron chi connectivity index (χ0n) is 9.76. The van der Waals surface area contributed by atoms with Crippen molar-refractivity contribution < 1.29 is 4.74 Å². The number of methoxy groups -OCH3 is 1. The molecule has 0 N–H and O–H groups in total. The first-order valence-electron chi connectivity index (χ1n) is 5.48. The summed E-state index contributed by atoms with van der Waals surface area (Å²) in [6.45, 7) is 8.79. The van der Waals surface area contributed by atoms with Crippen molar-refractivity contribution in [1.29, 1.82) is 0 Å². The molecule has 14 heavy (non-hydrogen) atoms. The number of hydrogen-bond acceptors (Lipinski definition) is 2. The van der Waals surface area contributed by atoms with Crippen LogP contribution in [0.15, 0.2) is 0 Å². The monoisotopic (exact) mass is 265 g/mol. The standard InChI is InChI=1S/C11H24BrNO/c1-11(2)5-4-7-13(8-6-12)9-10-14-3/h11H,4-10H2,1-3H3. The normalized spacial score (nSPS) is 11.6. The molecule has 0 aromatic rings. The van der Waals surface area contributed by atoms with Crippen LogP contribution in [-0.2, 0) is 4.74 Å². The zero-order valence-corrected chi connectivity index (χ0v) is 11.3. The van der Waals surface area contributed by atoms with Gasteiger partial charge in [0.1, 0.15) is 0 Å². The molecule has 0 aromatic heterocycles. The van der Waals surface area contributed by atoms with Gasteiger partial charge in [0.25, 0.3) is 0 Å². The second-order valence-corrected chi connectivity index (χ2v) is 4.85. The second kappa shape index (κ2) is 9.94. The van der Waals surface area contributed by atoms with E-state index in [1.807, 2.05) is 0 Å². The molecule has 0 spiro atoms. The van der Waals surface area contributed by atoms with Crippen molar-refractivity contribution in [2.45, 2.75) is 26.7 Å². The molecule has 0 amide bonds. The average molecular weight is 266 g/mol. The van der Waals surface area contributed by atoms with E-state index in [0.717, 1.165) is 30.9 Å². The lowest BCUT2D eigenvalue weighted by molar-refractivity contribution is 0.150. The van der Waals surface area contributed by atoms with Crippen molar-refractivity contribution in [1.82, 2.24) is 4.90 Å². The lowest BCUT2D eigenvalue weighted by atomic mass is 10.1. The molecule has 0 fully saturated rings. The molecule has 0 unspecified atom stereocenters. The highest BCUT2D eigenvalue weighted by atomic mass is 79.9. The Morgan fingerprint density at radius 3 is 2.43 bits per heavy atom. The maximum atomic E-state index is 5.09. The Morgan fingerprint density at radius 2 is 1.93 bits per heavy atom. The third-order valence-corrected chi connectivity index (χ3v) is 2.62. The summed E-state index contributed by atoms with van der Waals surface area (Å²) in [5.74, 6) is 0.822. The molecule has 0 bridgehead atoms. The van der Waals surface area contributed by atoms with Gasteiger partial charge in [0, 0.05) is 25.5 Å². The van der Waals surface area contributed by atoms with Crippen LogP contribution in [0.1, 0.15) is 26.7 Å². The molecular formula is C11H24BrNO. The number of ether oxygens (including phenoxy) is 1. The van der Waals surface area contributed by atoms with Gasteiger partial charge in [0.05, 0.1) is 6.61 Å². The van der Waals surface area contributed by atoms with Crippen molar-refractivity contribution in [3.8, 4) is 0 Å². The van der Waals surface area contributed by atoms with Crippen LogP contribution in [-0.4, -0.2) is 43.6 Å². The summed E-state index contributed by atoms with van der Waals surface area (Å²) in [5, 5.41) is 1.05. The fourth-order valence-corrected chi connectivity index (χ4v) is 1.90. The smallest absolute Gasteiger partial charge is 0.0589 e. The highest BCUT2D eigenvalue weighted by Crippen LogP contribution is 2.05. The summed E-state index contributed by atoms with van der Waals surface area (Å²) in [5.41, 5.74) is 0. The van der Waals surface area contributed by atoms with E-state index in [0.29, 0.717) is 0 Å². The first kappa shape index (κ1) is 14.4. The van der Waals surface area contributed by atoms with Gasteiger partial charge in [-0.1, -0.05) is 29.8 Å². The summed E-state index contributed by atoms with van der Waals surface area (Å²) >= 11 is 3.48. The van der Waals surface area contributed by atoms with Gasteiger partial charge in [-0.3, -0.25) is 0 Å². The van der Waals surface area contributed by atoms with Crippen LogP contribution in [0, 0.1) is 5.92 Å². The molecule has 86 valence electrons.